The summed E-state index contributed by atoms with van der Waals surface area (Å²) in [4.78, 5) is 0. The Morgan fingerprint density at radius 3 is 1.95 bits per heavy atom. The van der Waals surface area contributed by atoms with Gasteiger partial charge < -0.3 is 15.2 Å². The molecule has 20 heavy (non-hydrogen) atoms. The van der Waals surface area contributed by atoms with Crippen molar-refractivity contribution in [3.05, 3.63) is 22.7 Å². The monoisotopic (exact) mass is 311 g/mol. The molecule has 1 heterocycles. The number of ether oxygens (including phenoxy) is 2. The second-order valence-electron chi connectivity index (χ2n) is 5.03. The van der Waals surface area contributed by atoms with E-state index in [2.05, 4.69) is 9.47 Å². The molecule has 0 spiro atoms. The highest BCUT2D eigenvalue weighted by Crippen LogP contribution is 2.51. The van der Waals surface area contributed by atoms with Crippen LogP contribution < -0.4 is 15.2 Å². The molecule has 3 rings (SSSR count). The number of hydrogen-bond acceptors (Lipinski definition) is 3. The van der Waals surface area contributed by atoms with E-state index in [1.807, 2.05) is 0 Å². The van der Waals surface area contributed by atoms with Crippen LogP contribution in [-0.2, 0) is 5.54 Å². The summed E-state index contributed by atoms with van der Waals surface area (Å²) in [5.74, 6) is -1.02. The second kappa shape index (κ2) is 3.92. The van der Waals surface area contributed by atoms with Crippen molar-refractivity contribution in [1.82, 2.24) is 0 Å². The highest BCUT2D eigenvalue weighted by Gasteiger charge is 2.66. The zero-order valence-electron chi connectivity index (χ0n) is 10.1. The van der Waals surface area contributed by atoms with Gasteiger partial charge in [-0.3, -0.25) is 0 Å². The maximum Gasteiger partial charge on any atom is 0.507 e. The SMILES string of the molecule is NC1(c2cc3c(cc2Cl)OC(F)(F)C(F)(F)O3)CCC1. The smallest absolute Gasteiger partial charge is 0.421 e. The molecule has 0 unspecified atom stereocenters. The molecule has 3 nitrogen and oxygen atoms in total. The van der Waals surface area contributed by atoms with Gasteiger partial charge in [0, 0.05) is 16.6 Å². The number of benzene rings is 1. The first-order valence-electron chi connectivity index (χ1n) is 5.91. The van der Waals surface area contributed by atoms with Crippen molar-refractivity contribution in [3.63, 3.8) is 0 Å². The van der Waals surface area contributed by atoms with Gasteiger partial charge in [0.1, 0.15) is 0 Å². The standard InChI is InChI=1S/C12H10ClF4NO2/c13-7-5-9-8(4-6(7)10(18)2-1-3-10)19-11(14,15)12(16,17)20-9/h4-5H,1-3,18H2. The quantitative estimate of drug-likeness (QED) is 0.805. The van der Waals surface area contributed by atoms with Gasteiger partial charge in [-0.25, -0.2) is 0 Å². The maximum absolute atomic E-state index is 13.1. The lowest BCUT2D eigenvalue weighted by Gasteiger charge is -2.40. The molecular weight excluding hydrogens is 302 g/mol. The highest BCUT2D eigenvalue weighted by molar-refractivity contribution is 6.31. The van der Waals surface area contributed by atoms with Crippen molar-refractivity contribution in [2.45, 2.75) is 37.0 Å². The van der Waals surface area contributed by atoms with Gasteiger partial charge >= 0.3 is 12.2 Å². The molecule has 1 aromatic carbocycles. The average Bonchev–Trinajstić information content (AvgIpc) is 2.27. The summed E-state index contributed by atoms with van der Waals surface area (Å²) in [7, 11) is 0. The zero-order valence-corrected chi connectivity index (χ0v) is 10.8. The van der Waals surface area contributed by atoms with Gasteiger partial charge in [-0.15, -0.1) is 0 Å². The van der Waals surface area contributed by atoms with Crippen LogP contribution in [0.4, 0.5) is 17.6 Å². The Morgan fingerprint density at radius 1 is 1.00 bits per heavy atom. The molecule has 1 saturated carbocycles. The number of alkyl halides is 4. The number of rotatable bonds is 1. The van der Waals surface area contributed by atoms with Crippen molar-refractivity contribution in [2.75, 3.05) is 0 Å². The van der Waals surface area contributed by atoms with E-state index in [1.54, 1.807) is 0 Å². The Labute approximate surface area is 116 Å². The van der Waals surface area contributed by atoms with Crippen LogP contribution in [0.5, 0.6) is 11.5 Å². The lowest BCUT2D eigenvalue weighted by molar-refractivity contribution is -0.391. The molecule has 0 atom stereocenters. The number of halogens is 5. The fourth-order valence-electron chi connectivity index (χ4n) is 2.30. The van der Waals surface area contributed by atoms with Crippen LogP contribution >= 0.6 is 11.6 Å². The molecule has 0 saturated heterocycles. The molecule has 1 fully saturated rings. The molecule has 2 aliphatic rings. The lowest BCUT2D eigenvalue weighted by atomic mass is 9.72. The summed E-state index contributed by atoms with van der Waals surface area (Å²) in [5.41, 5.74) is 5.73. The van der Waals surface area contributed by atoms with Crippen LogP contribution in [0, 0.1) is 0 Å². The third-order valence-electron chi connectivity index (χ3n) is 3.63. The topological polar surface area (TPSA) is 44.5 Å². The highest BCUT2D eigenvalue weighted by atomic mass is 35.5. The third kappa shape index (κ3) is 1.83. The molecule has 1 aliphatic carbocycles. The van der Waals surface area contributed by atoms with Crippen LogP contribution in [0.3, 0.4) is 0 Å². The van der Waals surface area contributed by atoms with E-state index >= 15 is 0 Å². The summed E-state index contributed by atoms with van der Waals surface area (Å²) < 4.78 is 60.4. The Bertz CT molecular complexity index is 575. The van der Waals surface area contributed by atoms with Crippen LogP contribution in [0.25, 0.3) is 0 Å². The molecule has 0 aromatic heterocycles. The van der Waals surface area contributed by atoms with E-state index in [0.29, 0.717) is 18.4 Å². The molecule has 1 aromatic rings. The van der Waals surface area contributed by atoms with E-state index < -0.39 is 29.3 Å². The van der Waals surface area contributed by atoms with E-state index in [0.717, 1.165) is 18.6 Å². The van der Waals surface area contributed by atoms with Gasteiger partial charge in [0.25, 0.3) is 0 Å². The summed E-state index contributed by atoms with van der Waals surface area (Å²) in [5, 5.41) is 0.0931. The van der Waals surface area contributed by atoms with Crippen molar-refractivity contribution < 1.29 is 27.0 Å². The van der Waals surface area contributed by atoms with Gasteiger partial charge in [-0.2, -0.15) is 17.6 Å². The van der Waals surface area contributed by atoms with E-state index in [9.17, 15) is 17.6 Å². The molecular formula is C12H10ClF4NO2. The molecule has 0 radical (unpaired) electrons. The van der Waals surface area contributed by atoms with E-state index in [1.165, 1.54) is 0 Å². The lowest BCUT2D eigenvalue weighted by Crippen LogP contribution is -2.52. The van der Waals surface area contributed by atoms with Gasteiger partial charge in [0.2, 0.25) is 0 Å². The van der Waals surface area contributed by atoms with Crippen molar-refractivity contribution in [3.8, 4) is 11.5 Å². The molecule has 8 heteroatoms. The van der Waals surface area contributed by atoms with E-state index in [-0.39, 0.29) is 5.02 Å². The molecule has 1 aliphatic heterocycles. The molecule has 0 amide bonds. The Kier molecular flexibility index (Phi) is 2.69. The van der Waals surface area contributed by atoms with Crippen molar-refractivity contribution >= 4 is 11.6 Å². The first-order valence-corrected chi connectivity index (χ1v) is 6.29. The Morgan fingerprint density at radius 2 is 1.50 bits per heavy atom. The molecule has 110 valence electrons. The molecule has 2 N–H and O–H groups in total. The zero-order chi connectivity index (χ0) is 14.8. The van der Waals surface area contributed by atoms with Crippen LogP contribution in [0.15, 0.2) is 12.1 Å². The van der Waals surface area contributed by atoms with Crippen LogP contribution in [0.2, 0.25) is 5.02 Å². The van der Waals surface area contributed by atoms with Crippen LogP contribution in [0.1, 0.15) is 24.8 Å². The second-order valence-corrected chi connectivity index (χ2v) is 5.43. The minimum absolute atomic E-state index is 0.0931. The Balaban J connectivity index is 2.06. The largest absolute Gasteiger partial charge is 0.507 e. The fraction of sp³-hybridized carbons (Fsp3) is 0.500. The van der Waals surface area contributed by atoms with Crippen molar-refractivity contribution in [1.29, 1.82) is 0 Å². The van der Waals surface area contributed by atoms with Gasteiger partial charge in [-0.1, -0.05) is 11.6 Å². The first-order chi connectivity index (χ1) is 9.15. The van der Waals surface area contributed by atoms with Crippen molar-refractivity contribution in [2.24, 2.45) is 5.73 Å². The summed E-state index contributed by atoms with van der Waals surface area (Å²) in [6, 6.07) is 2.18. The van der Waals surface area contributed by atoms with E-state index in [4.69, 9.17) is 17.3 Å². The average molecular weight is 312 g/mol. The van der Waals surface area contributed by atoms with Gasteiger partial charge in [-0.05, 0) is 30.9 Å². The number of nitrogens with two attached hydrogens (primary N) is 1. The van der Waals surface area contributed by atoms with Gasteiger partial charge in [0.05, 0.1) is 0 Å². The fourth-order valence-corrected chi connectivity index (χ4v) is 2.64. The van der Waals surface area contributed by atoms with Gasteiger partial charge in [0.15, 0.2) is 11.5 Å². The number of hydrogen-bond donors (Lipinski definition) is 1. The minimum Gasteiger partial charge on any atom is -0.421 e. The summed E-state index contributed by atoms with van der Waals surface area (Å²) >= 11 is 5.97. The molecule has 0 bridgehead atoms. The number of fused-ring (bicyclic) bond motifs is 1. The summed E-state index contributed by atoms with van der Waals surface area (Å²) in [6.07, 6.45) is -7.33. The summed E-state index contributed by atoms with van der Waals surface area (Å²) in [6.45, 7) is 0. The van der Waals surface area contributed by atoms with Crippen LogP contribution in [-0.4, -0.2) is 12.2 Å². The maximum atomic E-state index is 13.1. The minimum atomic E-state index is -4.75. The predicted octanol–water partition coefficient (Wildman–Crippen LogP) is 3.63. The third-order valence-corrected chi connectivity index (χ3v) is 3.94. The Hall–Kier alpha value is -1.21. The predicted molar refractivity (Wildman–Crippen MR) is 62.3 cm³/mol. The normalized spacial score (nSPS) is 24.9. The first kappa shape index (κ1) is 13.8.